The maximum absolute atomic E-state index is 6.43. The van der Waals surface area contributed by atoms with E-state index in [1.807, 2.05) is 64.1 Å². The minimum absolute atomic E-state index is 0.441. The van der Waals surface area contributed by atoms with Crippen molar-refractivity contribution in [1.29, 1.82) is 0 Å². The van der Waals surface area contributed by atoms with E-state index in [9.17, 15) is 0 Å². The zero-order valence-corrected chi connectivity index (χ0v) is 28.5. The Hall–Kier alpha value is -5.50. The first kappa shape index (κ1) is 29.9. The number of rotatable bonds is 3. The van der Waals surface area contributed by atoms with Gasteiger partial charge in [-0.1, -0.05) is 36.4 Å². The minimum Gasteiger partial charge on any atom is -0.496 e. The molecule has 2 aromatic heterocycles. The van der Waals surface area contributed by atoms with Crippen LogP contribution in [0.5, 0.6) is 23.0 Å². The van der Waals surface area contributed by atoms with Gasteiger partial charge < -0.3 is 28.1 Å². The molecule has 8 rings (SSSR count). The summed E-state index contributed by atoms with van der Waals surface area (Å²) in [5, 5.41) is 15.3. The Morgan fingerprint density at radius 2 is 1.00 bits per heavy atom. The van der Waals surface area contributed by atoms with E-state index in [2.05, 4.69) is 71.8 Å². The third-order valence-corrected chi connectivity index (χ3v) is 9.46. The van der Waals surface area contributed by atoms with Crippen LogP contribution in [0.4, 0.5) is 0 Å². The first-order chi connectivity index (χ1) is 23.0. The molecule has 0 radical (unpaired) electrons. The number of hydrogen-bond acceptors (Lipinski definition) is 6. The fraction of sp³-hybridized carbons (Fsp3) is 0.250. The van der Waals surface area contributed by atoms with Crippen LogP contribution in [0.1, 0.15) is 38.8 Å². The van der Waals surface area contributed by atoms with E-state index in [0.717, 1.165) is 66.2 Å². The van der Waals surface area contributed by atoms with E-state index in [0.29, 0.717) is 22.2 Å². The molecule has 8 heteroatoms. The number of benzene rings is 4. The van der Waals surface area contributed by atoms with Gasteiger partial charge in [0.2, 0.25) is 0 Å². The number of pyridine rings is 2. The van der Waals surface area contributed by atoms with Crippen molar-refractivity contribution >= 4 is 55.8 Å². The summed E-state index contributed by atoms with van der Waals surface area (Å²) in [7, 11) is 7.51. The van der Waals surface area contributed by atoms with Gasteiger partial charge in [0.25, 0.3) is 0 Å². The zero-order chi connectivity index (χ0) is 33.5. The van der Waals surface area contributed by atoms with E-state index >= 15 is 0 Å². The second-order valence-electron chi connectivity index (χ2n) is 13.6. The van der Waals surface area contributed by atoms with Gasteiger partial charge in [-0.05, 0) is 64.1 Å². The van der Waals surface area contributed by atoms with Crippen LogP contribution < -0.4 is 29.7 Å². The molecule has 0 fully saturated rings. The number of hydrogen-bond donors (Lipinski definition) is 0. The number of methoxy groups -OCH3 is 2. The molecular weight excluding hydrogens is 600 g/mol. The van der Waals surface area contributed by atoms with Crippen LogP contribution in [0, 0.1) is 0 Å². The van der Waals surface area contributed by atoms with Crippen molar-refractivity contribution in [3.05, 3.63) is 94.7 Å². The Labute approximate surface area is 278 Å². The molecule has 0 N–H and O–H groups in total. The maximum atomic E-state index is 6.43. The lowest BCUT2D eigenvalue weighted by Crippen LogP contribution is -2.28. The van der Waals surface area contributed by atoms with Gasteiger partial charge in [-0.3, -0.25) is 0 Å². The highest BCUT2D eigenvalue weighted by Gasteiger charge is 2.28. The summed E-state index contributed by atoms with van der Waals surface area (Å²) in [6, 6.07) is 20.4. The van der Waals surface area contributed by atoms with Crippen LogP contribution in [0.15, 0.2) is 83.0 Å². The van der Waals surface area contributed by atoms with Crippen LogP contribution in [0.25, 0.3) is 55.8 Å². The van der Waals surface area contributed by atoms with E-state index in [-0.39, 0.29) is 0 Å². The molecular formula is C40H38N4O4. The fourth-order valence-electron chi connectivity index (χ4n) is 7.20. The summed E-state index contributed by atoms with van der Waals surface area (Å²) >= 11 is 0. The van der Waals surface area contributed by atoms with Gasteiger partial charge in [-0.25, -0.2) is 0 Å². The molecule has 0 amide bonds. The topological polar surface area (TPSA) is 71.5 Å². The molecule has 4 aromatic carbocycles. The van der Waals surface area contributed by atoms with Gasteiger partial charge in [0, 0.05) is 48.1 Å². The summed E-state index contributed by atoms with van der Waals surface area (Å²) in [6.45, 7) is 8.19. The van der Waals surface area contributed by atoms with Gasteiger partial charge >= 0.3 is 0 Å². The first-order valence-electron chi connectivity index (χ1n) is 16.1. The van der Waals surface area contributed by atoms with E-state index < -0.39 is 11.2 Å². The molecule has 2 aliphatic rings. The summed E-state index contributed by atoms with van der Waals surface area (Å²) in [4.78, 5) is 0. The van der Waals surface area contributed by atoms with Crippen LogP contribution in [-0.4, -0.2) is 34.6 Å². The van der Waals surface area contributed by atoms with Crippen LogP contribution in [-0.2, 0) is 14.1 Å². The summed E-state index contributed by atoms with van der Waals surface area (Å²) in [6.07, 6.45) is 8.46. The van der Waals surface area contributed by atoms with Crippen molar-refractivity contribution in [3.8, 4) is 23.0 Å². The molecule has 0 spiro atoms. The Kier molecular flexibility index (Phi) is 6.54. The van der Waals surface area contributed by atoms with Crippen LogP contribution in [0.3, 0.4) is 0 Å². The van der Waals surface area contributed by atoms with Gasteiger partial charge in [0.15, 0.2) is 0 Å². The highest BCUT2D eigenvalue weighted by atomic mass is 16.5. The molecule has 0 atom stereocenters. The Balaban J connectivity index is 1.57. The molecule has 0 saturated heterocycles. The predicted molar refractivity (Wildman–Crippen MR) is 193 cm³/mol. The number of aromatic nitrogens is 2. The highest BCUT2D eigenvalue weighted by molar-refractivity contribution is 6.03. The second kappa shape index (κ2) is 10.5. The summed E-state index contributed by atoms with van der Waals surface area (Å²) in [5.41, 5.74) is 4.99. The average molecular weight is 639 g/mol. The molecule has 0 aliphatic carbocycles. The van der Waals surface area contributed by atoms with Crippen molar-refractivity contribution in [2.45, 2.75) is 38.9 Å². The number of nitrogens with zero attached hydrogens (tertiary/aromatic N) is 4. The van der Waals surface area contributed by atoms with Gasteiger partial charge in [-0.2, -0.15) is 0 Å². The zero-order valence-electron chi connectivity index (χ0n) is 28.5. The third kappa shape index (κ3) is 4.43. The van der Waals surface area contributed by atoms with Crippen LogP contribution >= 0.6 is 0 Å². The van der Waals surface area contributed by atoms with Crippen molar-refractivity contribution in [2.75, 3.05) is 14.2 Å². The third-order valence-electron chi connectivity index (χ3n) is 9.46. The summed E-state index contributed by atoms with van der Waals surface area (Å²) in [5.74, 6) is 2.86. The van der Waals surface area contributed by atoms with Crippen molar-refractivity contribution in [1.82, 2.24) is 9.13 Å². The molecule has 6 aromatic rings. The Morgan fingerprint density at radius 1 is 0.604 bits per heavy atom. The lowest BCUT2D eigenvalue weighted by atomic mass is 9.97. The summed E-state index contributed by atoms with van der Waals surface area (Å²) < 4.78 is 29.4. The number of para-hydroxylation sites is 2. The minimum atomic E-state index is -0.441. The molecule has 0 unspecified atom stereocenters. The normalized spacial score (nSPS) is 16.7. The monoisotopic (exact) mass is 638 g/mol. The Bertz CT molecular complexity index is 2390. The smallest absolute Gasteiger partial charge is 0.134 e. The predicted octanol–water partition coefficient (Wildman–Crippen LogP) is 7.78. The number of aryl methyl sites for hydroxylation is 2. The van der Waals surface area contributed by atoms with E-state index in [4.69, 9.17) is 29.2 Å². The van der Waals surface area contributed by atoms with Gasteiger partial charge in [0.1, 0.15) is 44.9 Å². The number of ether oxygens (including phenoxy) is 4. The van der Waals surface area contributed by atoms with Gasteiger partial charge in [0.05, 0.1) is 47.1 Å². The molecule has 2 aliphatic heterocycles. The molecule has 0 bridgehead atoms. The average Bonchev–Trinajstić information content (AvgIpc) is 3.07. The molecule has 4 heterocycles. The highest BCUT2D eigenvalue weighted by Crippen LogP contribution is 2.42. The van der Waals surface area contributed by atoms with Crippen molar-refractivity contribution < 1.29 is 18.9 Å². The second-order valence-corrected chi connectivity index (χ2v) is 13.6. The molecule has 0 saturated carbocycles. The van der Waals surface area contributed by atoms with Crippen molar-refractivity contribution in [3.63, 3.8) is 0 Å². The largest absolute Gasteiger partial charge is 0.496 e. The standard InChI is InChI=1S/C40H38N4O4/c1-39(2)19-17-25-29(47-39)21-31(45-7)33-35(23-13-9-11-15-27(23)43(5)37(25)33)41-42-36-24-14-10-12-16-28(24)44(6)38-26-18-20-40(3,4)48-30(26)22-32(46-8)34(36)38/h9-22H,1-8H3/b41-35+,42-36+. The van der Waals surface area contributed by atoms with Crippen molar-refractivity contribution in [2.24, 2.45) is 24.3 Å². The SMILES string of the molecule is COc1cc2c(c3c1/c(=N/N=c1\c4ccccc4n(C)c4c5c(cc(OC)c14)OC(C)(C)C=C5)c1ccccc1n3C)C=CC(C)(C)O2. The fourth-order valence-corrected chi connectivity index (χ4v) is 7.20. The number of fused-ring (bicyclic) bond motifs is 8. The van der Waals surface area contributed by atoms with Crippen LogP contribution in [0.2, 0.25) is 0 Å². The Morgan fingerprint density at radius 3 is 1.40 bits per heavy atom. The first-order valence-corrected chi connectivity index (χ1v) is 16.1. The van der Waals surface area contributed by atoms with Gasteiger partial charge in [-0.15, -0.1) is 10.2 Å². The lowest BCUT2D eigenvalue weighted by Gasteiger charge is -2.30. The van der Waals surface area contributed by atoms with E-state index in [1.54, 1.807) is 14.2 Å². The van der Waals surface area contributed by atoms with E-state index in [1.165, 1.54) is 0 Å². The molecule has 242 valence electrons. The quantitative estimate of drug-likeness (QED) is 0.147. The maximum Gasteiger partial charge on any atom is 0.134 e. The molecule has 48 heavy (non-hydrogen) atoms. The lowest BCUT2D eigenvalue weighted by molar-refractivity contribution is 0.158. The molecule has 8 nitrogen and oxygen atoms in total.